The molecule has 1 unspecified atom stereocenters. The van der Waals surface area contributed by atoms with Crippen LogP contribution in [0.4, 0.5) is 11.6 Å². The monoisotopic (exact) mass is 274 g/mol. The Bertz CT molecular complexity index is 525. The van der Waals surface area contributed by atoms with Crippen LogP contribution in [0.15, 0.2) is 29.1 Å². The van der Waals surface area contributed by atoms with Crippen molar-refractivity contribution < 1.29 is 4.42 Å². The first-order valence-electron chi connectivity index (χ1n) is 7.13. The van der Waals surface area contributed by atoms with E-state index in [1.54, 1.807) is 12.6 Å². The quantitative estimate of drug-likeness (QED) is 0.807. The Kier molecular flexibility index (Phi) is 4.98. The molecule has 0 aromatic carbocycles. The topological polar surface area (TPSA) is 63.0 Å². The molecule has 0 saturated carbocycles. The molecule has 0 amide bonds. The number of hydrogen-bond donors (Lipinski definition) is 2. The van der Waals surface area contributed by atoms with Gasteiger partial charge in [-0.2, -0.15) is 0 Å². The van der Waals surface area contributed by atoms with Gasteiger partial charge in [0.2, 0.25) is 0 Å². The van der Waals surface area contributed by atoms with Gasteiger partial charge in [-0.05, 0) is 31.9 Å². The number of nitrogens with one attached hydrogen (secondary N) is 2. The largest absolute Gasteiger partial charge is 0.467 e. The van der Waals surface area contributed by atoms with Gasteiger partial charge >= 0.3 is 0 Å². The molecule has 0 saturated heterocycles. The van der Waals surface area contributed by atoms with Crippen LogP contribution >= 0.6 is 0 Å². The molecule has 0 radical (unpaired) electrons. The Balaban J connectivity index is 2.18. The van der Waals surface area contributed by atoms with E-state index in [0.29, 0.717) is 0 Å². The van der Waals surface area contributed by atoms with E-state index in [1.165, 1.54) is 0 Å². The van der Waals surface area contributed by atoms with Crippen LogP contribution in [0.3, 0.4) is 0 Å². The fourth-order valence-electron chi connectivity index (χ4n) is 2.08. The highest BCUT2D eigenvalue weighted by molar-refractivity contribution is 5.57. The van der Waals surface area contributed by atoms with Crippen LogP contribution in [-0.2, 0) is 6.42 Å². The summed E-state index contributed by atoms with van der Waals surface area (Å²) in [6.07, 6.45) is 5.22. The predicted molar refractivity (Wildman–Crippen MR) is 80.9 cm³/mol. The summed E-state index contributed by atoms with van der Waals surface area (Å²) < 4.78 is 5.41. The first-order chi connectivity index (χ1) is 9.76. The number of aromatic nitrogens is 2. The van der Waals surface area contributed by atoms with Gasteiger partial charge in [-0.1, -0.05) is 13.8 Å². The Hall–Kier alpha value is -2.04. The number of furan rings is 1. The summed E-state index contributed by atoms with van der Waals surface area (Å²) in [6, 6.07) is 3.92. The Morgan fingerprint density at radius 3 is 2.70 bits per heavy atom. The van der Waals surface area contributed by atoms with Crippen molar-refractivity contribution in [3.8, 4) is 0 Å². The van der Waals surface area contributed by atoms with E-state index in [1.807, 2.05) is 12.1 Å². The summed E-state index contributed by atoms with van der Waals surface area (Å²) >= 11 is 0. The first kappa shape index (κ1) is 14.4. The maximum atomic E-state index is 5.41. The zero-order chi connectivity index (χ0) is 14.4. The fraction of sp³-hybridized carbons (Fsp3) is 0.467. The average Bonchev–Trinajstić information content (AvgIpc) is 2.99. The minimum absolute atomic E-state index is 0.0734. The predicted octanol–water partition coefficient (Wildman–Crippen LogP) is 3.63. The van der Waals surface area contributed by atoms with Crippen LogP contribution in [0, 0.1) is 0 Å². The van der Waals surface area contributed by atoms with Crippen molar-refractivity contribution in [2.24, 2.45) is 0 Å². The van der Waals surface area contributed by atoms with Gasteiger partial charge in [0.1, 0.15) is 23.7 Å². The maximum absolute atomic E-state index is 5.41. The molecule has 2 aromatic rings. The number of anilines is 2. The molecule has 2 rings (SSSR count). The lowest BCUT2D eigenvalue weighted by molar-refractivity contribution is 0.490. The van der Waals surface area contributed by atoms with Crippen LogP contribution in [0.5, 0.6) is 0 Å². The van der Waals surface area contributed by atoms with Crippen LogP contribution in [0.25, 0.3) is 0 Å². The van der Waals surface area contributed by atoms with E-state index in [9.17, 15) is 0 Å². The summed E-state index contributed by atoms with van der Waals surface area (Å²) in [5.41, 5.74) is 1.11. The average molecular weight is 274 g/mol. The highest BCUT2D eigenvalue weighted by atomic mass is 16.3. The second-order valence-corrected chi connectivity index (χ2v) is 4.71. The zero-order valence-corrected chi connectivity index (χ0v) is 12.3. The normalized spacial score (nSPS) is 12.2. The van der Waals surface area contributed by atoms with Gasteiger partial charge < -0.3 is 15.1 Å². The van der Waals surface area contributed by atoms with Crippen LogP contribution in [0.2, 0.25) is 0 Å². The summed E-state index contributed by atoms with van der Waals surface area (Å²) in [4.78, 5) is 8.70. The molecule has 5 heteroatoms. The van der Waals surface area contributed by atoms with Crippen molar-refractivity contribution in [2.75, 3.05) is 17.2 Å². The third-order valence-electron chi connectivity index (χ3n) is 3.16. The van der Waals surface area contributed by atoms with Gasteiger partial charge in [-0.15, -0.1) is 0 Å². The second kappa shape index (κ2) is 6.93. The molecule has 2 heterocycles. The molecule has 108 valence electrons. The molecule has 0 fully saturated rings. The van der Waals surface area contributed by atoms with Crippen LogP contribution in [-0.4, -0.2) is 16.5 Å². The molecular weight excluding hydrogens is 252 g/mol. The minimum atomic E-state index is 0.0734. The minimum Gasteiger partial charge on any atom is -0.467 e. The standard InChI is InChI=1S/C15H22N4O/c1-4-8-16-14-12(5-2)15(18-10-17-14)19-11(3)13-7-6-9-20-13/h6-7,9-11H,4-5,8H2,1-3H3,(H2,16,17,18,19). The number of hydrogen-bond acceptors (Lipinski definition) is 5. The first-order valence-corrected chi connectivity index (χ1v) is 7.13. The zero-order valence-electron chi connectivity index (χ0n) is 12.3. The lowest BCUT2D eigenvalue weighted by atomic mass is 10.2. The molecule has 2 N–H and O–H groups in total. The Morgan fingerprint density at radius 1 is 1.25 bits per heavy atom. The Morgan fingerprint density at radius 2 is 2.05 bits per heavy atom. The maximum Gasteiger partial charge on any atom is 0.135 e. The second-order valence-electron chi connectivity index (χ2n) is 4.71. The van der Waals surface area contributed by atoms with E-state index < -0.39 is 0 Å². The van der Waals surface area contributed by atoms with E-state index in [-0.39, 0.29) is 6.04 Å². The van der Waals surface area contributed by atoms with Crippen molar-refractivity contribution in [2.45, 2.75) is 39.7 Å². The fourth-order valence-corrected chi connectivity index (χ4v) is 2.08. The van der Waals surface area contributed by atoms with Crippen LogP contribution < -0.4 is 10.6 Å². The van der Waals surface area contributed by atoms with E-state index >= 15 is 0 Å². The number of rotatable bonds is 7. The summed E-state index contributed by atoms with van der Waals surface area (Å²) in [6.45, 7) is 7.22. The third kappa shape index (κ3) is 3.29. The number of nitrogens with zero attached hydrogens (tertiary/aromatic N) is 2. The van der Waals surface area contributed by atoms with Gasteiger partial charge in [0.05, 0.1) is 12.3 Å². The highest BCUT2D eigenvalue weighted by Crippen LogP contribution is 2.25. The van der Waals surface area contributed by atoms with Crippen molar-refractivity contribution in [1.29, 1.82) is 0 Å². The van der Waals surface area contributed by atoms with Gasteiger partial charge in [-0.25, -0.2) is 9.97 Å². The molecule has 1 atom stereocenters. The van der Waals surface area contributed by atoms with Crippen molar-refractivity contribution in [3.63, 3.8) is 0 Å². The molecule has 0 aliphatic rings. The molecule has 0 aliphatic carbocycles. The van der Waals surface area contributed by atoms with Gasteiger partial charge in [0.15, 0.2) is 0 Å². The van der Waals surface area contributed by atoms with Crippen molar-refractivity contribution in [3.05, 3.63) is 36.0 Å². The van der Waals surface area contributed by atoms with Gasteiger partial charge in [0.25, 0.3) is 0 Å². The summed E-state index contributed by atoms with van der Waals surface area (Å²) in [7, 11) is 0. The van der Waals surface area contributed by atoms with Crippen LogP contribution in [0.1, 0.15) is 44.6 Å². The smallest absolute Gasteiger partial charge is 0.135 e. The molecule has 2 aromatic heterocycles. The lowest BCUT2D eigenvalue weighted by Crippen LogP contribution is -2.12. The molecule has 0 spiro atoms. The van der Waals surface area contributed by atoms with Crippen molar-refractivity contribution in [1.82, 2.24) is 9.97 Å². The molecule has 5 nitrogen and oxygen atoms in total. The molecule has 20 heavy (non-hydrogen) atoms. The summed E-state index contributed by atoms with van der Waals surface area (Å²) in [5, 5.41) is 6.74. The molecule has 0 bridgehead atoms. The molecular formula is C15H22N4O. The molecule has 0 aliphatic heterocycles. The lowest BCUT2D eigenvalue weighted by Gasteiger charge is -2.17. The van der Waals surface area contributed by atoms with E-state index in [4.69, 9.17) is 4.42 Å². The van der Waals surface area contributed by atoms with Crippen molar-refractivity contribution >= 4 is 11.6 Å². The third-order valence-corrected chi connectivity index (χ3v) is 3.16. The van der Waals surface area contributed by atoms with Gasteiger partial charge in [0, 0.05) is 12.1 Å². The SMILES string of the molecule is CCCNc1ncnc(NC(C)c2ccco2)c1CC. The highest BCUT2D eigenvalue weighted by Gasteiger charge is 2.14. The van der Waals surface area contributed by atoms with Gasteiger partial charge in [-0.3, -0.25) is 0 Å². The van der Waals surface area contributed by atoms with E-state index in [2.05, 4.69) is 41.4 Å². The summed E-state index contributed by atoms with van der Waals surface area (Å²) in [5.74, 6) is 2.68. The Labute approximate surface area is 119 Å². The van der Waals surface area contributed by atoms with E-state index in [0.717, 1.165) is 42.3 Å².